The van der Waals surface area contributed by atoms with E-state index in [1.54, 1.807) is 11.3 Å². The van der Waals surface area contributed by atoms with Gasteiger partial charge in [0.25, 0.3) is 0 Å². The van der Waals surface area contributed by atoms with Crippen LogP contribution in [0.4, 0.5) is 0 Å². The van der Waals surface area contributed by atoms with Crippen LogP contribution in [0, 0.1) is 11.8 Å². The first-order valence-electron chi connectivity index (χ1n) is 6.17. The zero-order valence-electron chi connectivity index (χ0n) is 10.2. The molecule has 0 aromatic carbocycles. The van der Waals surface area contributed by atoms with Gasteiger partial charge in [0, 0.05) is 25.7 Å². The first kappa shape index (κ1) is 12.1. The molecule has 3 atom stereocenters. The summed E-state index contributed by atoms with van der Waals surface area (Å²) >= 11 is 1.77. The molecular weight excluding hydrogens is 216 g/mol. The molecule has 1 aromatic rings. The quantitative estimate of drug-likeness (QED) is 0.877. The molecule has 3 heteroatoms. The minimum Gasteiger partial charge on any atom is -0.329 e. The Balaban J connectivity index is 2.09. The highest BCUT2D eigenvalue weighted by Gasteiger charge is 2.27. The third-order valence-corrected chi connectivity index (χ3v) is 4.19. The topological polar surface area (TPSA) is 29.3 Å². The van der Waals surface area contributed by atoms with Crippen molar-refractivity contribution in [1.82, 2.24) is 4.90 Å². The van der Waals surface area contributed by atoms with E-state index in [9.17, 15) is 0 Å². The molecule has 2 nitrogen and oxygen atoms in total. The van der Waals surface area contributed by atoms with Crippen LogP contribution in [0.25, 0.3) is 0 Å². The van der Waals surface area contributed by atoms with E-state index in [1.165, 1.54) is 25.1 Å². The van der Waals surface area contributed by atoms with Crippen molar-refractivity contribution in [2.45, 2.75) is 26.3 Å². The van der Waals surface area contributed by atoms with Gasteiger partial charge in [-0.1, -0.05) is 13.8 Å². The fourth-order valence-electron chi connectivity index (χ4n) is 2.93. The number of likely N-dealkylation sites (tertiary alicyclic amines) is 1. The molecule has 2 N–H and O–H groups in total. The standard InChI is InChI=1S/C13H22N2S/c1-10-5-11(2)8-15(7-10)13(6-14)12-3-4-16-9-12/h3-4,9-11,13H,5-8,14H2,1-2H3. The van der Waals surface area contributed by atoms with Crippen molar-refractivity contribution < 1.29 is 0 Å². The van der Waals surface area contributed by atoms with Crippen molar-refractivity contribution in [3.05, 3.63) is 22.4 Å². The molecule has 0 radical (unpaired) electrons. The van der Waals surface area contributed by atoms with Gasteiger partial charge in [-0.25, -0.2) is 0 Å². The molecule has 90 valence electrons. The first-order valence-corrected chi connectivity index (χ1v) is 7.11. The minimum atomic E-state index is 0.427. The van der Waals surface area contributed by atoms with Crippen LogP contribution in [0.3, 0.4) is 0 Å². The molecule has 1 saturated heterocycles. The molecule has 0 aliphatic carbocycles. The number of rotatable bonds is 3. The molecule has 3 unspecified atom stereocenters. The smallest absolute Gasteiger partial charge is 0.0478 e. The molecule has 1 fully saturated rings. The third kappa shape index (κ3) is 2.65. The van der Waals surface area contributed by atoms with Gasteiger partial charge in [-0.2, -0.15) is 11.3 Å². The monoisotopic (exact) mass is 238 g/mol. The van der Waals surface area contributed by atoms with Crippen LogP contribution >= 0.6 is 11.3 Å². The Morgan fingerprint density at radius 1 is 1.44 bits per heavy atom. The maximum absolute atomic E-state index is 5.95. The maximum Gasteiger partial charge on any atom is 0.0478 e. The predicted octanol–water partition coefficient (Wildman–Crippen LogP) is 2.73. The van der Waals surface area contributed by atoms with E-state index in [0.29, 0.717) is 6.04 Å². The summed E-state index contributed by atoms with van der Waals surface area (Å²) in [5, 5.41) is 4.39. The second kappa shape index (κ2) is 5.30. The fraction of sp³-hybridized carbons (Fsp3) is 0.692. The zero-order valence-corrected chi connectivity index (χ0v) is 11.0. The fourth-order valence-corrected chi connectivity index (χ4v) is 3.63. The Kier molecular flexibility index (Phi) is 4.00. The summed E-state index contributed by atoms with van der Waals surface area (Å²) in [5.41, 5.74) is 7.35. The second-order valence-electron chi connectivity index (χ2n) is 5.21. The second-order valence-corrected chi connectivity index (χ2v) is 5.99. The highest BCUT2D eigenvalue weighted by molar-refractivity contribution is 7.07. The number of piperidine rings is 1. The molecule has 2 heterocycles. The maximum atomic E-state index is 5.95. The van der Waals surface area contributed by atoms with Crippen LogP contribution < -0.4 is 5.73 Å². The summed E-state index contributed by atoms with van der Waals surface area (Å²) in [4.78, 5) is 2.57. The van der Waals surface area contributed by atoms with Crippen LogP contribution in [-0.4, -0.2) is 24.5 Å². The van der Waals surface area contributed by atoms with Crippen LogP contribution in [0.5, 0.6) is 0 Å². The normalized spacial score (nSPS) is 29.2. The number of nitrogens with zero attached hydrogens (tertiary/aromatic N) is 1. The summed E-state index contributed by atoms with van der Waals surface area (Å²) in [5.74, 6) is 1.60. The van der Waals surface area contributed by atoms with Gasteiger partial charge in [0.1, 0.15) is 0 Å². The van der Waals surface area contributed by atoms with Crippen LogP contribution in [-0.2, 0) is 0 Å². The summed E-state index contributed by atoms with van der Waals surface area (Å²) in [6.07, 6.45) is 1.36. The molecule has 1 aliphatic rings. The first-order chi connectivity index (χ1) is 7.70. The van der Waals surface area contributed by atoms with E-state index >= 15 is 0 Å². The van der Waals surface area contributed by atoms with E-state index in [4.69, 9.17) is 5.73 Å². The lowest BCUT2D eigenvalue weighted by Gasteiger charge is -2.39. The van der Waals surface area contributed by atoms with Gasteiger partial charge in [-0.05, 0) is 40.6 Å². The van der Waals surface area contributed by atoms with Crippen LogP contribution in [0.2, 0.25) is 0 Å². The molecule has 16 heavy (non-hydrogen) atoms. The molecular formula is C13H22N2S. The summed E-state index contributed by atoms with van der Waals surface area (Å²) < 4.78 is 0. The molecule has 0 amide bonds. The van der Waals surface area contributed by atoms with E-state index in [2.05, 4.69) is 35.6 Å². The highest BCUT2D eigenvalue weighted by atomic mass is 32.1. The predicted molar refractivity (Wildman–Crippen MR) is 70.6 cm³/mol. The summed E-state index contributed by atoms with van der Waals surface area (Å²) in [7, 11) is 0. The van der Waals surface area contributed by atoms with Crippen molar-refractivity contribution in [2.75, 3.05) is 19.6 Å². The molecule has 1 aliphatic heterocycles. The number of nitrogens with two attached hydrogens (primary N) is 1. The van der Waals surface area contributed by atoms with Crippen molar-refractivity contribution in [1.29, 1.82) is 0 Å². The van der Waals surface area contributed by atoms with Crippen LogP contribution in [0.1, 0.15) is 31.9 Å². The van der Waals surface area contributed by atoms with Gasteiger partial charge in [-0.15, -0.1) is 0 Å². The Bertz CT molecular complexity index is 300. The van der Waals surface area contributed by atoms with Crippen molar-refractivity contribution >= 4 is 11.3 Å². The van der Waals surface area contributed by atoms with Gasteiger partial charge in [0.15, 0.2) is 0 Å². The third-order valence-electron chi connectivity index (χ3n) is 3.49. The average Bonchev–Trinajstić information content (AvgIpc) is 2.70. The lowest BCUT2D eigenvalue weighted by Crippen LogP contribution is -2.43. The molecule has 2 rings (SSSR count). The van der Waals surface area contributed by atoms with Crippen LogP contribution in [0.15, 0.2) is 16.8 Å². The van der Waals surface area contributed by atoms with Crippen molar-refractivity contribution in [2.24, 2.45) is 17.6 Å². The van der Waals surface area contributed by atoms with Gasteiger partial charge >= 0.3 is 0 Å². The van der Waals surface area contributed by atoms with Gasteiger partial charge in [-0.3, -0.25) is 4.90 Å². The number of thiophene rings is 1. The molecule has 0 spiro atoms. The Labute approximate surface area is 102 Å². The summed E-state index contributed by atoms with van der Waals surface area (Å²) in [6.45, 7) is 7.83. The lowest BCUT2D eigenvalue weighted by atomic mass is 9.90. The van der Waals surface area contributed by atoms with Gasteiger partial charge < -0.3 is 5.73 Å². The zero-order chi connectivity index (χ0) is 11.5. The molecule has 0 saturated carbocycles. The summed E-state index contributed by atoms with van der Waals surface area (Å²) in [6, 6.07) is 2.64. The lowest BCUT2D eigenvalue weighted by molar-refractivity contribution is 0.0986. The van der Waals surface area contributed by atoms with Crippen molar-refractivity contribution in [3.8, 4) is 0 Å². The Hall–Kier alpha value is -0.380. The minimum absolute atomic E-state index is 0.427. The molecule has 1 aromatic heterocycles. The number of hydrogen-bond acceptors (Lipinski definition) is 3. The van der Waals surface area contributed by atoms with Gasteiger partial charge in [0.2, 0.25) is 0 Å². The SMILES string of the molecule is CC1CC(C)CN(C(CN)c2ccsc2)C1. The van der Waals surface area contributed by atoms with Gasteiger partial charge in [0.05, 0.1) is 0 Å². The number of hydrogen-bond donors (Lipinski definition) is 1. The average molecular weight is 238 g/mol. The Morgan fingerprint density at radius 2 is 2.12 bits per heavy atom. The molecule has 0 bridgehead atoms. The van der Waals surface area contributed by atoms with Crippen molar-refractivity contribution in [3.63, 3.8) is 0 Å². The Morgan fingerprint density at radius 3 is 2.62 bits per heavy atom. The van der Waals surface area contributed by atoms with E-state index in [0.717, 1.165) is 18.4 Å². The van der Waals surface area contributed by atoms with E-state index in [1.807, 2.05) is 0 Å². The van der Waals surface area contributed by atoms with E-state index < -0.39 is 0 Å². The largest absolute Gasteiger partial charge is 0.329 e. The van der Waals surface area contributed by atoms with E-state index in [-0.39, 0.29) is 0 Å². The highest BCUT2D eigenvalue weighted by Crippen LogP contribution is 2.29.